The summed E-state index contributed by atoms with van der Waals surface area (Å²) >= 11 is 5.92. The van der Waals surface area contributed by atoms with E-state index in [1.54, 1.807) is 43.3 Å². The van der Waals surface area contributed by atoms with Gasteiger partial charge in [-0.1, -0.05) is 23.7 Å². The number of pyridine rings is 1. The SMILES string of the molecule is CCOC(=O)c1ccc(NC(=O)CN(Cc2ccc(Cl)cc2)S(=O)(=O)c2cccnc2)cc1. The van der Waals surface area contributed by atoms with E-state index in [0.717, 1.165) is 4.31 Å². The summed E-state index contributed by atoms with van der Waals surface area (Å²) in [5, 5.41) is 3.17. The molecule has 172 valence electrons. The van der Waals surface area contributed by atoms with Crippen LogP contribution in [0.5, 0.6) is 0 Å². The van der Waals surface area contributed by atoms with E-state index in [2.05, 4.69) is 10.3 Å². The zero-order valence-corrected chi connectivity index (χ0v) is 19.3. The Hall–Kier alpha value is -3.27. The van der Waals surface area contributed by atoms with E-state index >= 15 is 0 Å². The van der Waals surface area contributed by atoms with Crippen LogP contribution in [-0.4, -0.2) is 42.7 Å². The van der Waals surface area contributed by atoms with Crippen LogP contribution in [0.15, 0.2) is 78.0 Å². The minimum Gasteiger partial charge on any atom is -0.462 e. The number of anilines is 1. The van der Waals surface area contributed by atoms with Gasteiger partial charge in [-0.25, -0.2) is 13.2 Å². The molecule has 1 aromatic heterocycles. The van der Waals surface area contributed by atoms with Gasteiger partial charge in [0.05, 0.1) is 18.7 Å². The average Bonchev–Trinajstić information content (AvgIpc) is 2.81. The van der Waals surface area contributed by atoms with Gasteiger partial charge < -0.3 is 10.1 Å². The molecule has 0 fully saturated rings. The summed E-state index contributed by atoms with van der Waals surface area (Å²) in [5.74, 6) is -1.01. The molecule has 33 heavy (non-hydrogen) atoms. The van der Waals surface area contributed by atoms with E-state index in [9.17, 15) is 18.0 Å². The summed E-state index contributed by atoms with van der Waals surface area (Å²) in [4.78, 5) is 28.3. The summed E-state index contributed by atoms with van der Waals surface area (Å²) in [6.07, 6.45) is 2.70. The first kappa shape index (κ1) is 24.4. The molecule has 0 aliphatic carbocycles. The summed E-state index contributed by atoms with van der Waals surface area (Å²) in [5.41, 5.74) is 1.43. The molecular weight excluding hydrogens is 466 g/mol. The number of nitrogens with zero attached hydrogens (tertiary/aromatic N) is 2. The summed E-state index contributed by atoms with van der Waals surface area (Å²) < 4.78 is 32.4. The quantitative estimate of drug-likeness (QED) is 0.461. The first-order chi connectivity index (χ1) is 15.8. The lowest BCUT2D eigenvalue weighted by atomic mass is 10.2. The van der Waals surface area contributed by atoms with Crippen molar-refractivity contribution in [3.63, 3.8) is 0 Å². The van der Waals surface area contributed by atoms with Gasteiger partial charge in [0, 0.05) is 29.6 Å². The molecule has 0 aliphatic rings. The molecule has 0 atom stereocenters. The van der Waals surface area contributed by atoms with Crippen molar-refractivity contribution in [1.82, 2.24) is 9.29 Å². The first-order valence-corrected chi connectivity index (χ1v) is 11.8. The van der Waals surface area contributed by atoms with Gasteiger partial charge in [-0.15, -0.1) is 0 Å². The molecule has 3 rings (SSSR count). The maximum atomic E-state index is 13.2. The van der Waals surface area contributed by atoms with E-state index in [0.29, 0.717) is 21.8 Å². The normalized spacial score (nSPS) is 11.2. The number of hydrogen-bond acceptors (Lipinski definition) is 6. The standard InChI is InChI=1S/C23H22ClN3O5S/c1-2-32-23(29)18-7-11-20(12-8-18)26-22(28)16-27(15-17-5-9-19(24)10-6-17)33(30,31)21-4-3-13-25-14-21/h3-14H,2,15-16H2,1H3,(H,26,28). The number of hydrogen-bond donors (Lipinski definition) is 1. The largest absolute Gasteiger partial charge is 0.462 e. The molecular formula is C23H22ClN3O5S. The number of amides is 1. The lowest BCUT2D eigenvalue weighted by molar-refractivity contribution is -0.116. The predicted octanol–water partition coefficient (Wildman–Crippen LogP) is 3.74. The molecule has 0 spiro atoms. The van der Waals surface area contributed by atoms with Gasteiger partial charge in [-0.3, -0.25) is 9.78 Å². The van der Waals surface area contributed by atoms with Gasteiger partial charge >= 0.3 is 5.97 Å². The topological polar surface area (TPSA) is 106 Å². The Kier molecular flexibility index (Phi) is 8.16. The highest BCUT2D eigenvalue weighted by Gasteiger charge is 2.27. The van der Waals surface area contributed by atoms with Crippen LogP contribution in [0.2, 0.25) is 5.02 Å². The molecule has 3 aromatic rings. The highest BCUT2D eigenvalue weighted by Crippen LogP contribution is 2.19. The van der Waals surface area contributed by atoms with E-state index in [4.69, 9.17) is 16.3 Å². The Balaban J connectivity index is 1.78. The van der Waals surface area contributed by atoms with E-state index < -0.39 is 28.4 Å². The van der Waals surface area contributed by atoms with Gasteiger partial charge in [0.15, 0.2) is 0 Å². The van der Waals surface area contributed by atoms with Gasteiger partial charge in [-0.2, -0.15) is 4.31 Å². The summed E-state index contributed by atoms with van der Waals surface area (Å²) in [6, 6.07) is 15.7. The minimum absolute atomic E-state index is 0.0226. The Bertz CT molecular complexity index is 1200. The number of carbonyl (C=O) groups is 2. The fourth-order valence-corrected chi connectivity index (χ4v) is 4.41. The molecule has 0 radical (unpaired) electrons. The van der Waals surface area contributed by atoms with Crippen molar-refractivity contribution >= 4 is 39.2 Å². The van der Waals surface area contributed by atoms with Crippen molar-refractivity contribution in [2.45, 2.75) is 18.4 Å². The molecule has 8 nitrogen and oxygen atoms in total. The Labute approximate surface area is 197 Å². The molecule has 1 N–H and O–H groups in total. The third-order valence-corrected chi connectivity index (χ3v) is 6.57. The van der Waals surface area contributed by atoms with Gasteiger partial charge in [0.2, 0.25) is 15.9 Å². The Morgan fingerprint density at radius 2 is 1.76 bits per heavy atom. The third kappa shape index (κ3) is 6.61. The van der Waals surface area contributed by atoms with Crippen molar-refractivity contribution < 1.29 is 22.7 Å². The number of aromatic nitrogens is 1. The molecule has 0 saturated carbocycles. The summed E-state index contributed by atoms with van der Waals surface area (Å²) in [6.45, 7) is 1.50. The van der Waals surface area contributed by atoms with Crippen molar-refractivity contribution in [3.8, 4) is 0 Å². The molecule has 0 saturated heterocycles. The van der Waals surface area contributed by atoms with Crippen molar-refractivity contribution in [1.29, 1.82) is 0 Å². The number of sulfonamides is 1. The zero-order valence-electron chi connectivity index (χ0n) is 17.8. The number of rotatable bonds is 9. The van der Waals surface area contributed by atoms with Crippen LogP contribution in [0, 0.1) is 0 Å². The second-order valence-electron chi connectivity index (χ2n) is 6.93. The minimum atomic E-state index is -4.01. The Morgan fingerprint density at radius 1 is 1.06 bits per heavy atom. The summed E-state index contributed by atoms with van der Waals surface area (Å²) in [7, 11) is -4.01. The lowest BCUT2D eigenvalue weighted by Crippen LogP contribution is -2.37. The predicted molar refractivity (Wildman–Crippen MR) is 124 cm³/mol. The number of carbonyl (C=O) groups excluding carboxylic acids is 2. The maximum Gasteiger partial charge on any atom is 0.338 e. The molecule has 0 aliphatic heterocycles. The number of benzene rings is 2. The highest BCUT2D eigenvalue weighted by molar-refractivity contribution is 7.89. The lowest BCUT2D eigenvalue weighted by Gasteiger charge is -2.22. The number of esters is 1. The van der Waals surface area contributed by atoms with Crippen molar-refractivity contribution in [2.75, 3.05) is 18.5 Å². The Morgan fingerprint density at radius 3 is 2.36 bits per heavy atom. The average molecular weight is 488 g/mol. The van der Waals surface area contributed by atoms with Crippen LogP contribution in [0.3, 0.4) is 0 Å². The molecule has 0 bridgehead atoms. The van der Waals surface area contributed by atoms with Crippen LogP contribution < -0.4 is 5.32 Å². The van der Waals surface area contributed by atoms with E-state index in [-0.39, 0.29) is 18.0 Å². The number of nitrogens with one attached hydrogen (secondary N) is 1. The molecule has 10 heteroatoms. The van der Waals surface area contributed by atoms with E-state index in [1.165, 1.54) is 36.7 Å². The van der Waals surface area contributed by atoms with Gasteiger partial charge in [-0.05, 0) is 61.0 Å². The second kappa shape index (κ2) is 11.0. The van der Waals surface area contributed by atoms with Crippen LogP contribution >= 0.6 is 11.6 Å². The van der Waals surface area contributed by atoms with Gasteiger partial charge in [0.1, 0.15) is 4.90 Å². The monoisotopic (exact) mass is 487 g/mol. The smallest absolute Gasteiger partial charge is 0.338 e. The van der Waals surface area contributed by atoms with Crippen LogP contribution in [-0.2, 0) is 26.1 Å². The van der Waals surface area contributed by atoms with E-state index in [1.807, 2.05) is 0 Å². The molecule has 0 unspecified atom stereocenters. The number of ether oxygens (including phenoxy) is 1. The van der Waals surface area contributed by atoms with Crippen LogP contribution in [0.1, 0.15) is 22.8 Å². The molecule has 2 aromatic carbocycles. The van der Waals surface area contributed by atoms with Crippen molar-refractivity contribution in [2.24, 2.45) is 0 Å². The zero-order chi connectivity index (χ0) is 23.8. The fourth-order valence-electron chi connectivity index (χ4n) is 2.93. The van der Waals surface area contributed by atoms with Crippen LogP contribution in [0.25, 0.3) is 0 Å². The van der Waals surface area contributed by atoms with Crippen LogP contribution in [0.4, 0.5) is 5.69 Å². The second-order valence-corrected chi connectivity index (χ2v) is 9.31. The molecule has 1 heterocycles. The third-order valence-electron chi connectivity index (χ3n) is 4.54. The fraction of sp³-hybridized carbons (Fsp3) is 0.174. The highest BCUT2D eigenvalue weighted by atomic mass is 35.5. The number of halogens is 1. The van der Waals surface area contributed by atoms with Crippen molar-refractivity contribution in [3.05, 3.63) is 89.2 Å². The van der Waals surface area contributed by atoms with Gasteiger partial charge in [0.25, 0.3) is 0 Å². The molecule has 1 amide bonds. The maximum absolute atomic E-state index is 13.2. The first-order valence-electron chi connectivity index (χ1n) is 10.0.